The molecule has 1 amide bonds. The Hall–Kier alpha value is -2.23. The van der Waals surface area contributed by atoms with Crippen LogP contribution in [-0.2, 0) is 32.5 Å². The average Bonchev–Trinajstić information content (AvgIpc) is 3.45. The molecule has 2 aromatic rings. The average molecular weight is 451 g/mol. The van der Waals surface area contributed by atoms with Gasteiger partial charge in [0.15, 0.2) is 6.61 Å². The number of aryl methyl sites for hydroxylation is 1. The van der Waals surface area contributed by atoms with Crippen molar-refractivity contribution in [3.8, 4) is 0 Å². The van der Waals surface area contributed by atoms with Crippen molar-refractivity contribution in [1.82, 2.24) is 9.21 Å². The van der Waals surface area contributed by atoms with Gasteiger partial charge < -0.3 is 9.64 Å². The quantitative estimate of drug-likeness (QED) is 0.578. The first-order chi connectivity index (χ1) is 14.3. The largest absolute Gasteiger partial charge is 0.451 e. The van der Waals surface area contributed by atoms with E-state index in [4.69, 9.17) is 4.74 Å². The Labute approximate surface area is 181 Å². The number of benzene rings is 1. The summed E-state index contributed by atoms with van der Waals surface area (Å²) < 4.78 is 32.1. The molecule has 7 nitrogen and oxygen atoms in total. The molecule has 1 aromatic carbocycles. The highest BCUT2D eigenvalue weighted by Crippen LogP contribution is 2.28. The van der Waals surface area contributed by atoms with Crippen molar-refractivity contribution in [3.63, 3.8) is 0 Å². The van der Waals surface area contributed by atoms with Crippen LogP contribution in [-0.4, -0.2) is 56.2 Å². The van der Waals surface area contributed by atoms with E-state index in [2.05, 4.69) is 6.92 Å². The molecule has 1 aromatic heterocycles. The van der Waals surface area contributed by atoms with Crippen LogP contribution in [0.2, 0.25) is 0 Å². The Morgan fingerprint density at radius 2 is 1.73 bits per heavy atom. The number of rotatable bonds is 8. The van der Waals surface area contributed by atoms with Crippen LogP contribution in [0.25, 0.3) is 0 Å². The zero-order valence-corrected chi connectivity index (χ0v) is 18.8. The van der Waals surface area contributed by atoms with Gasteiger partial charge in [0.05, 0.1) is 0 Å². The smallest absolute Gasteiger partial charge is 0.350 e. The first kappa shape index (κ1) is 22.5. The minimum absolute atomic E-state index is 0.00695. The third-order valence-corrected chi connectivity index (χ3v) is 8.07. The van der Waals surface area contributed by atoms with E-state index in [0.29, 0.717) is 19.6 Å². The van der Waals surface area contributed by atoms with E-state index in [1.54, 1.807) is 12.4 Å². The van der Waals surface area contributed by atoms with Crippen molar-refractivity contribution in [3.05, 3.63) is 51.7 Å². The molecular formula is C21H26N2O5S2. The molecular weight excluding hydrogens is 424 g/mol. The zero-order valence-electron chi connectivity index (χ0n) is 17.2. The molecule has 1 fully saturated rings. The van der Waals surface area contributed by atoms with Crippen LogP contribution in [0.3, 0.4) is 0 Å². The van der Waals surface area contributed by atoms with Crippen molar-refractivity contribution in [2.75, 3.05) is 26.7 Å². The molecule has 0 bridgehead atoms. The highest BCUT2D eigenvalue weighted by Gasteiger charge is 2.32. The summed E-state index contributed by atoms with van der Waals surface area (Å²) in [5.74, 6) is -1.15. The van der Waals surface area contributed by atoms with E-state index in [0.717, 1.165) is 36.2 Å². The van der Waals surface area contributed by atoms with Gasteiger partial charge in [-0.25, -0.2) is 13.2 Å². The van der Waals surface area contributed by atoms with Gasteiger partial charge in [-0.1, -0.05) is 31.2 Å². The van der Waals surface area contributed by atoms with Gasteiger partial charge in [0.1, 0.15) is 9.77 Å². The number of carbonyl (C=O) groups is 2. The molecule has 9 heteroatoms. The van der Waals surface area contributed by atoms with Crippen molar-refractivity contribution in [2.24, 2.45) is 0 Å². The predicted molar refractivity (Wildman–Crippen MR) is 115 cm³/mol. The molecule has 0 N–H and O–H groups in total. The van der Waals surface area contributed by atoms with E-state index in [-0.39, 0.29) is 15.7 Å². The predicted octanol–water partition coefficient (Wildman–Crippen LogP) is 2.91. The van der Waals surface area contributed by atoms with Crippen LogP contribution in [0.1, 0.15) is 40.6 Å². The fourth-order valence-corrected chi connectivity index (χ4v) is 6.06. The highest BCUT2D eigenvalue weighted by molar-refractivity contribution is 7.89. The van der Waals surface area contributed by atoms with Gasteiger partial charge in [-0.05, 0) is 41.8 Å². The molecule has 0 unspecified atom stereocenters. The minimum atomic E-state index is -3.72. The van der Waals surface area contributed by atoms with Gasteiger partial charge in [-0.2, -0.15) is 4.31 Å². The number of ether oxygens (including phenoxy) is 1. The second-order valence-corrected chi connectivity index (χ2v) is 10.0. The molecule has 0 aliphatic carbocycles. The molecule has 1 saturated heterocycles. The molecule has 1 aliphatic heterocycles. The number of hydrogen-bond acceptors (Lipinski definition) is 6. The summed E-state index contributed by atoms with van der Waals surface area (Å²) in [6, 6.07) is 9.40. The summed E-state index contributed by atoms with van der Waals surface area (Å²) in [4.78, 5) is 26.3. The van der Waals surface area contributed by atoms with Crippen LogP contribution < -0.4 is 0 Å². The molecule has 0 radical (unpaired) electrons. The third kappa shape index (κ3) is 5.08. The summed E-state index contributed by atoms with van der Waals surface area (Å²) in [6.45, 7) is 2.94. The molecule has 1 aliphatic rings. The Kier molecular flexibility index (Phi) is 7.27. The molecule has 0 spiro atoms. The van der Waals surface area contributed by atoms with Crippen molar-refractivity contribution in [2.45, 2.75) is 37.6 Å². The minimum Gasteiger partial charge on any atom is -0.451 e. The van der Waals surface area contributed by atoms with Crippen molar-refractivity contribution < 1.29 is 22.7 Å². The fourth-order valence-electron chi connectivity index (χ4n) is 3.26. The number of amides is 1. The van der Waals surface area contributed by atoms with Gasteiger partial charge in [0.25, 0.3) is 5.91 Å². The molecule has 3 rings (SSSR count). The van der Waals surface area contributed by atoms with Crippen LogP contribution >= 0.6 is 11.3 Å². The summed E-state index contributed by atoms with van der Waals surface area (Å²) >= 11 is 1.00. The number of sulfonamides is 1. The van der Waals surface area contributed by atoms with Gasteiger partial charge >= 0.3 is 5.97 Å². The number of hydrogen-bond donors (Lipinski definition) is 0. The first-order valence-electron chi connectivity index (χ1n) is 9.89. The number of likely N-dealkylation sites (N-methyl/N-ethyl adjacent to an activating group) is 1. The Morgan fingerprint density at radius 3 is 2.37 bits per heavy atom. The lowest BCUT2D eigenvalue weighted by Gasteiger charge is -2.18. The van der Waals surface area contributed by atoms with E-state index in [1.807, 2.05) is 24.3 Å². The molecule has 30 heavy (non-hydrogen) atoms. The highest BCUT2D eigenvalue weighted by atomic mass is 32.2. The Morgan fingerprint density at radius 1 is 1.10 bits per heavy atom. The van der Waals surface area contributed by atoms with Crippen LogP contribution in [0.5, 0.6) is 0 Å². The second-order valence-electron chi connectivity index (χ2n) is 7.22. The summed E-state index contributed by atoms with van der Waals surface area (Å²) in [6.07, 6.45) is 2.57. The number of esters is 1. The van der Waals surface area contributed by atoms with E-state index in [9.17, 15) is 18.0 Å². The second kappa shape index (κ2) is 9.72. The van der Waals surface area contributed by atoms with E-state index in [1.165, 1.54) is 20.8 Å². The van der Waals surface area contributed by atoms with Crippen molar-refractivity contribution in [1.29, 1.82) is 0 Å². The molecule has 0 saturated carbocycles. The lowest BCUT2D eigenvalue weighted by molar-refractivity contribution is -0.133. The number of thiophene rings is 1. The van der Waals surface area contributed by atoms with E-state index < -0.39 is 22.6 Å². The van der Waals surface area contributed by atoms with Gasteiger partial charge in [-0.15, -0.1) is 11.3 Å². The monoisotopic (exact) mass is 450 g/mol. The molecule has 162 valence electrons. The fraction of sp³-hybridized carbons (Fsp3) is 0.429. The van der Waals surface area contributed by atoms with Gasteiger partial charge in [-0.3, -0.25) is 4.79 Å². The molecule has 0 atom stereocenters. The lowest BCUT2D eigenvalue weighted by Crippen LogP contribution is -2.31. The zero-order chi connectivity index (χ0) is 21.7. The van der Waals surface area contributed by atoms with Crippen LogP contribution in [0.15, 0.2) is 40.6 Å². The summed E-state index contributed by atoms with van der Waals surface area (Å²) in [5.41, 5.74) is 2.20. The lowest BCUT2D eigenvalue weighted by atomic mass is 10.1. The third-order valence-electron chi connectivity index (χ3n) is 5.10. The van der Waals surface area contributed by atoms with E-state index >= 15 is 0 Å². The van der Waals surface area contributed by atoms with Crippen LogP contribution in [0, 0.1) is 0 Å². The summed E-state index contributed by atoms with van der Waals surface area (Å²) in [5, 5.41) is 1.55. The van der Waals surface area contributed by atoms with Crippen LogP contribution in [0.4, 0.5) is 0 Å². The SMILES string of the molecule is CCc1ccc(CN(C)C(=O)COC(=O)c2sccc2S(=O)(=O)N2CCCC2)cc1. The Balaban J connectivity index is 1.59. The summed E-state index contributed by atoms with van der Waals surface area (Å²) in [7, 11) is -2.09. The maximum atomic E-state index is 12.8. The first-order valence-corrected chi connectivity index (χ1v) is 12.2. The Bertz CT molecular complexity index is 993. The number of nitrogens with zero attached hydrogens (tertiary/aromatic N) is 2. The standard InChI is InChI=1S/C21H26N2O5S2/c1-3-16-6-8-17(9-7-16)14-22(2)19(24)15-28-21(25)20-18(10-13-29-20)30(26,27)23-11-4-5-12-23/h6-10,13H,3-5,11-12,14-15H2,1-2H3. The topological polar surface area (TPSA) is 84.0 Å². The normalized spacial score (nSPS) is 14.6. The van der Waals surface area contributed by atoms with Gasteiger partial charge in [0.2, 0.25) is 10.0 Å². The van der Waals surface area contributed by atoms with Crippen molar-refractivity contribution >= 4 is 33.2 Å². The number of carbonyl (C=O) groups excluding carboxylic acids is 2. The maximum Gasteiger partial charge on any atom is 0.350 e. The van der Waals surface area contributed by atoms with Gasteiger partial charge in [0, 0.05) is 26.7 Å². The molecule has 2 heterocycles. The maximum absolute atomic E-state index is 12.8.